The predicted molar refractivity (Wildman–Crippen MR) is 112 cm³/mol. The quantitative estimate of drug-likeness (QED) is 0.385. The molecule has 0 N–H and O–H groups in total. The molecule has 0 nitrogen and oxygen atoms in total. The van der Waals surface area contributed by atoms with Crippen molar-refractivity contribution in [3.05, 3.63) is 83.0 Å². The fourth-order valence-corrected chi connectivity index (χ4v) is 14.8. The molecule has 0 amide bonds. The van der Waals surface area contributed by atoms with Crippen LogP contribution in [-0.2, 0) is 20.4 Å². The van der Waals surface area contributed by atoms with Gasteiger partial charge in [0, 0.05) is 0 Å². The van der Waals surface area contributed by atoms with Gasteiger partial charge in [-0.05, 0) is 0 Å². The molecule has 0 unspecified atom stereocenters. The predicted octanol–water partition coefficient (Wildman–Crippen LogP) is -3.40. The van der Waals surface area contributed by atoms with Crippen molar-refractivity contribution in [3.63, 3.8) is 0 Å². The van der Waals surface area contributed by atoms with E-state index in [0.29, 0.717) is 5.54 Å². The number of allylic oxidation sites excluding steroid dienone is 4. The molecule has 0 saturated carbocycles. The molecule has 0 atom stereocenters. The molecule has 154 valence electrons. The Morgan fingerprint density at radius 3 is 1.24 bits per heavy atom. The Morgan fingerprint density at radius 2 is 0.966 bits per heavy atom. The fourth-order valence-electron chi connectivity index (χ4n) is 5.10. The van der Waals surface area contributed by atoms with E-state index in [4.69, 9.17) is 0 Å². The molecule has 2 aromatic carbocycles. The third-order valence-corrected chi connectivity index (χ3v) is 15.9. The van der Waals surface area contributed by atoms with Crippen LogP contribution in [0.15, 0.2) is 83.0 Å². The van der Waals surface area contributed by atoms with Crippen LogP contribution in [0.1, 0.15) is 41.5 Å². The second-order valence-electron chi connectivity index (χ2n) is 7.94. The smallest absolute Gasteiger partial charge is 1.00 e. The van der Waals surface area contributed by atoms with E-state index in [2.05, 4.69) is 123 Å². The van der Waals surface area contributed by atoms with Gasteiger partial charge in [-0.25, -0.2) is 0 Å². The summed E-state index contributed by atoms with van der Waals surface area (Å²) in [6, 6.07) is 22.7. The van der Waals surface area contributed by atoms with Crippen molar-refractivity contribution >= 4 is 18.4 Å². The zero-order valence-electron chi connectivity index (χ0n) is 18.0. The minimum absolute atomic E-state index is 0. The minimum Gasteiger partial charge on any atom is -1.00 e. The summed E-state index contributed by atoms with van der Waals surface area (Å²) >= 11 is 2.53. The van der Waals surface area contributed by atoms with Gasteiger partial charge in [-0.15, -0.1) is 0 Å². The molecule has 0 spiro atoms. The monoisotopic (exact) mass is 498 g/mol. The zero-order valence-corrected chi connectivity index (χ0v) is 22.8. The van der Waals surface area contributed by atoms with Gasteiger partial charge in [0.1, 0.15) is 0 Å². The van der Waals surface area contributed by atoms with E-state index in [-0.39, 0.29) is 40.6 Å². The van der Waals surface area contributed by atoms with E-state index in [1.807, 2.05) is 0 Å². The maximum absolute atomic E-state index is 2.53. The second kappa shape index (κ2) is 10.8. The van der Waals surface area contributed by atoms with Gasteiger partial charge in [-0.3, -0.25) is 0 Å². The third-order valence-electron chi connectivity index (χ3n) is 6.73. The van der Waals surface area contributed by atoms with E-state index >= 15 is 0 Å². The van der Waals surface area contributed by atoms with Crippen molar-refractivity contribution in [1.82, 2.24) is 0 Å². The van der Waals surface area contributed by atoms with Gasteiger partial charge in [-0.2, -0.15) is 0 Å². The summed E-state index contributed by atoms with van der Waals surface area (Å²) in [6.45, 7) is 14.3. The summed E-state index contributed by atoms with van der Waals surface area (Å²) in [4.78, 5) is 0. The van der Waals surface area contributed by atoms with Gasteiger partial charge in [0.05, 0.1) is 0 Å². The van der Waals surface area contributed by atoms with Crippen LogP contribution in [0.25, 0.3) is 0 Å². The normalized spacial score (nSPS) is 15.6. The topological polar surface area (TPSA) is 0 Å². The maximum Gasteiger partial charge on any atom is -1.00 e. The molecule has 0 bridgehead atoms. The Kier molecular flexibility index (Phi) is 10.7. The number of hydrogen-bond donors (Lipinski definition) is 0. The van der Waals surface area contributed by atoms with Crippen LogP contribution in [0, 0.1) is 0 Å². The molecule has 5 heteroatoms. The molecule has 0 aliphatic heterocycles. The van der Waals surface area contributed by atoms with Gasteiger partial charge < -0.3 is 37.2 Å². The number of benzene rings is 2. The molecular weight excluding hydrogens is 471 g/mol. The van der Waals surface area contributed by atoms with Crippen molar-refractivity contribution in [2.24, 2.45) is 0 Å². The van der Waals surface area contributed by atoms with Crippen LogP contribution in [-0.4, -0.2) is 8.07 Å². The van der Waals surface area contributed by atoms with Crippen molar-refractivity contribution in [2.75, 3.05) is 0 Å². The van der Waals surface area contributed by atoms with Crippen LogP contribution >= 0.6 is 0 Å². The summed E-state index contributed by atoms with van der Waals surface area (Å²) in [6.07, 6.45) is 0. The van der Waals surface area contributed by atoms with E-state index < -0.39 is 8.07 Å². The Labute approximate surface area is 208 Å². The van der Waals surface area contributed by atoms with Gasteiger partial charge >= 0.3 is 172 Å². The molecule has 0 aromatic heterocycles. The number of hydrogen-bond acceptors (Lipinski definition) is 0. The molecule has 0 heterocycles. The summed E-state index contributed by atoms with van der Waals surface area (Å²) in [7, 11) is -2.14. The Bertz CT molecular complexity index is 810. The summed E-state index contributed by atoms with van der Waals surface area (Å²) in [5, 5.41) is 3.09. The van der Waals surface area contributed by atoms with Crippen LogP contribution in [0.2, 0.25) is 8.88 Å². The van der Waals surface area contributed by atoms with E-state index in [1.54, 1.807) is 21.5 Å². The largest absolute Gasteiger partial charge is 1.00 e. The Morgan fingerprint density at radius 1 is 0.655 bits per heavy atom. The SMILES string of the molecule is CC1=C(C)[C]([Ti+3])([Si](c2ccccc2)(c2ccccc2)C(C)C)C(C)=C1C.[Cl-].[Cl-].[Cl-]. The van der Waals surface area contributed by atoms with Crippen molar-refractivity contribution in [1.29, 1.82) is 0 Å². The second-order valence-corrected chi connectivity index (χ2v) is 14.6. The molecular formula is C24H29Cl3SiTi. The first-order chi connectivity index (χ1) is 12.3. The number of rotatable bonds is 4. The first-order valence-corrected chi connectivity index (χ1v) is 12.4. The van der Waals surface area contributed by atoms with Crippen molar-refractivity contribution < 1.29 is 57.7 Å². The van der Waals surface area contributed by atoms with Crippen molar-refractivity contribution in [2.45, 2.75) is 50.4 Å². The van der Waals surface area contributed by atoms with E-state index in [9.17, 15) is 0 Å². The molecule has 1 aliphatic rings. The summed E-state index contributed by atoms with van der Waals surface area (Å²) in [5.74, 6) is 0. The molecule has 0 radical (unpaired) electrons. The molecule has 1 aliphatic carbocycles. The molecule has 29 heavy (non-hydrogen) atoms. The zero-order chi connectivity index (χ0) is 19.1. The van der Waals surface area contributed by atoms with E-state index in [0.717, 1.165) is 0 Å². The average Bonchev–Trinajstić information content (AvgIpc) is 2.80. The van der Waals surface area contributed by atoms with E-state index in [1.165, 1.54) is 11.1 Å². The molecule has 0 fully saturated rings. The Balaban J connectivity index is 0.00000261. The van der Waals surface area contributed by atoms with Gasteiger partial charge in [-0.1, -0.05) is 0 Å². The average molecular weight is 500 g/mol. The summed E-state index contributed by atoms with van der Waals surface area (Å²) in [5.41, 5.74) is 6.71. The van der Waals surface area contributed by atoms with Crippen LogP contribution < -0.4 is 47.6 Å². The molecule has 3 rings (SSSR count). The molecule has 0 saturated heterocycles. The summed E-state index contributed by atoms with van der Waals surface area (Å²) < 4.78 is 0.0953. The van der Waals surface area contributed by atoms with Crippen LogP contribution in [0.4, 0.5) is 0 Å². The fraction of sp³-hybridized carbons (Fsp3) is 0.333. The first kappa shape index (κ1) is 28.7. The molecule has 2 aromatic rings. The van der Waals surface area contributed by atoms with Gasteiger partial charge in [0.2, 0.25) is 0 Å². The van der Waals surface area contributed by atoms with Gasteiger partial charge in [0.15, 0.2) is 0 Å². The third kappa shape index (κ3) is 4.12. The van der Waals surface area contributed by atoms with Crippen LogP contribution in [0.3, 0.4) is 0 Å². The maximum atomic E-state index is 2.53. The Hall–Kier alpha value is -0.279. The van der Waals surface area contributed by atoms with Crippen LogP contribution in [0.5, 0.6) is 0 Å². The number of halogens is 3. The first-order valence-electron chi connectivity index (χ1n) is 9.51. The standard InChI is InChI=1S/C24H29Si.3ClH.Ti/c1-17(2)25(22-13-9-7-10-14-22,23-15-11-8-12-16-23)24-20(5)18(3)19(4)21(24)6;;;;/h7-17H,1-6H3;3*1H;/q;;;;+3/p-3. The van der Waals surface area contributed by atoms with Crippen molar-refractivity contribution in [3.8, 4) is 0 Å². The van der Waals surface area contributed by atoms with Gasteiger partial charge in [0.25, 0.3) is 0 Å². The minimum atomic E-state index is -2.14.